The van der Waals surface area contributed by atoms with Crippen molar-refractivity contribution in [2.45, 2.75) is 192 Å². The van der Waals surface area contributed by atoms with Gasteiger partial charge >= 0.3 is 30.1 Å². The zero-order chi connectivity index (χ0) is 73.5. The topological polar surface area (TPSA) is 366 Å². The van der Waals surface area contributed by atoms with Crippen LogP contribution in [0.2, 0.25) is 0 Å². The molecule has 4 aromatic carbocycles. The number of sulfonamides is 1. The van der Waals surface area contributed by atoms with Gasteiger partial charge in [-0.15, -0.1) is 0 Å². The van der Waals surface area contributed by atoms with E-state index in [0.717, 1.165) is 27.8 Å². The van der Waals surface area contributed by atoms with Gasteiger partial charge in [0.05, 0.1) is 11.3 Å². The number of alkyl carbamates (subject to hydrolysis) is 2. The monoisotopic (exact) mass is 1400 g/mol. The second-order valence-corrected chi connectivity index (χ2v) is 28.1. The molecule has 1 aliphatic carbocycles. The minimum Gasteiger partial charge on any atom is -0.487 e. The summed E-state index contributed by atoms with van der Waals surface area (Å²) >= 11 is 0. The summed E-state index contributed by atoms with van der Waals surface area (Å²) in [6.07, 6.45) is 0.786. The highest BCUT2D eigenvalue weighted by molar-refractivity contribution is 7.90. The first kappa shape index (κ1) is 79.2. The molecule has 0 fully saturated rings. The quantitative estimate of drug-likeness (QED) is 0.00547. The third kappa shape index (κ3) is 23.4. The zero-order valence-corrected chi connectivity index (χ0v) is 59.6. The van der Waals surface area contributed by atoms with Crippen LogP contribution in [0, 0.1) is 26.7 Å². The molecule has 26 nitrogen and oxygen atoms in total. The molecular weight excluding hydrogens is 1310 g/mol. The lowest BCUT2D eigenvalue weighted by Gasteiger charge is -2.35. The summed E-state index contributed by atoms with van der Waals surface area (Å²) in [5, 5.41) is 15.8. The van der Waals surface area contributed by atoms with Crippen LogP contribution >= 0.6 is 0 Å². The van der Waals surface area contributed by atoms with Crippen molar-refractivity contribution < 1.29 is 80.0 Å². The Hall–Kier alpha value is -9.79. The first-order valence-electron chi connectivity index (χ1n) is 33.5. The zero-order valence-electron chi connectivity index (χ0n) is 58.8. The molecule has 0 bridgehead atoms. The van der Waals surface area contributed by atoms with Gasteiger partial charge < -0.3 is 66.1 Å². The lowest BCUT2D eigenvalue weighted by molar-refractivity contribution is -0.155. The molecular formula is C73H97N9O17S. The molecule has 0 aromatic heterocycles. The van der Waals surface area contributed by atoms with Crippen LogP contribution in [0.25, 0.3) is 11.1 Å². The molecule has 2 aliphatic rings. The van der Waals surface area contributed by atoms with Crippen molar-refractivity contribution in [3.8, 4) is 16.9 Å². The van der Waals surface area contributed by atoms with E-state index in [4.69, 9.17) is 34.2 Å². The number of ether oxygens (including phenoxy) is 6. The molecule has 1 heterocycles. The van der Waals surface area contributed by atoms with Gasteiger partial charge in [0.1, 0.15) is 73.6 Å². The van der Waals surface area contributed by atoms with Gasteiger partial charge in [-0.3, -0.25) is 33.8 Å². The van der Waals surface area contributed by atoms with Gasteiger partial charge in [-0.05, 0) is 163 Å². The number of fused-ring (bicyclic) bond motifs is 4. The predicted octanol–water partition coefficient (Wildman–Crippen LogP) is 7.66. The van der Waals surface area contributed by atoms with Crippen LogP contribution in [0.1, 0.15) is 151 Å². The molecule has 6 rings (SSSR count). The SMILES string of the molecule is C=CCOC(=O)C[C@H](NC(=O)[C@@H](NC(=O)[C@H](CCCN=C(N)NS(=O)(=O)c1c(C)c(C)c2c(c1C)CCC(C)(C)O2)NC(=O)[C@H](CCC(=O)OC(C)(C)C)NC(=O)[C@H](CCCCNC(=O)OCC=C)NC(=O)OCC1c2ccccc2-c2ccccc21)C(C)C)C(=O)OCc1ccccc1. The minimum atomic E-state index is -4.35. The lowest BCUT2D eigenvalue weighted by atomic mass is 9.88. The molecule has 6 amide bonds. The Labute approximate surface area is 585 Å². The van der Waals surface area contributed by atoms with Crippen molar-refractivity contribution in [3.63, 3.8) is 0 Å². The normalized spacial score (nSPS) is 14.6. The fraction of sp³-hybridized carbons (Fsp3) is 0.479. The number of hydrogen-bond donors (Lipinski definition) is 8. The summed E-state index contributed by atoms with van der Waals surface area (Å²) in [5.41, 5.74) is 11.7. The van der Waals surface area contributed by atoms with Crippen LogP contribution in [0.4, 0.5) is 9.59 Å². The molecule has 0 spiro atoms. The molecule has 5 atom stereocenters. The van der Waals surface area contributed by atoms with Crippen molar-refractivity contribution in [3.05, 3.63) is 143 Å². The molecule has 1 aliphatic heterocycles. The summed E-state index contributed by atoms with van der Waals surface area (Å²) in [6.45, 7) is 23.6. The number of nitrogens with zero attached hydrogens (tertiary/aromatic N) is 1. The van der Waals surface area contributed by atoms with Crippen molar-refractivity contribution in [2.75, 3.05) is 32.9 Å². The second kappa shape index (κ2) is 36.9. The number of carbonyl (C=O) groups is 9. The van der Waals surface area contributed by atoms with E-state index in [1.807, 2.05) is 62.4 Å². The molecule has 0 saturated heterocycles. The van der Waals surface area contributed by atoms with E-state index < -0.39 is 136 Å². The standard InChI is InChI=1S/C73H97N9O17S/c1-13-39-94-60(84)41-58(68(89)96-42-48-25-16-15-17-26-48)79-67(88)61(44(3)4)81-66(87)55(32-24-38-75-69(74)82-100(92,93)63-46(6)45(5)62-49(47(63)7)35-36-73(11,12)99-62)77-65(86)57(33-34-59(83)98-72(8,9)10)78-64(85)56(31-22-23-37-76-70(90)95-40-14-2)80-71(91)97-43-54-52-29-20-18-27-50(52)51-28-19-21-30-53(51)54/h13-21,25-30,44,54-58,61H,1-2,22-24,31-43H2,3-12H3,(H,76,90)(H,77,86)(H,78,85)(H,79,88)(H,80,91)(H,81,87)(H3,74,75,82)/t55-,56-,57-,58-,61-/m0/s1. The van der Waals surface area contributed by atoms with Gasteiger partial charge in [-0.1, -0.05) is 118 Å². The average molecular weight is 1400 g/mol. The van der Waals surface area contributed by atoms with E-state index >= 15 is 4.79 Å². The number of esters is 3. The van der Waals surface area contributed by atoms with E-state index in [1.54, 1.807) is 85.7 Å². The van der Waals surface area contributed by atoms with Gasteiger partial charge in [-0.2, -0.15) is 0 Å². The fourth-order valence-electron chi connectivity index (χ4n) is 11.6. The highest BCUT2D eigenvalue weighted by Crippen LogP contribution is 2.45. The van der Waals surface area contributed by atoms with E-state index in [1.165, 1.54) is 12.2 Å². The number of guanidine groups is 1. The number of rotatable bonds is 35. The van der Waals surface area contributed by atoms with Crippen molar-refractivity contribution in [1.82, 2.24) is 36.6 Å². The smallest absolute Gasteiger partial charge is 0.407 e. The molecule has 27 heteroatoms. The highest BCUT2D eigenvalue weighted by atomic mass is 32.2. The fourth-order valence-corrected chi connectivity index (χ4v) is 13.1. The number of nitrogens with one attached hydrogen (secondary N) is 7. The van der Waals surface area contributed by atoms with Gasteiger partial charge in [0.2, 0.25) is 29.6 Å². The third-order valence-corrected chi connectivity index (χ3v) is 18.3. The molecule has 0 unspecified atom stereocenters. The highest BCUT2D eigenvalue weighted by Gasteiger charge is 2.38. The number of hydrogen-bond acceptors (Lipinski definition) is 18. The average Bonchev–Trinajstić information content (AvgIpc) is 0.810. The maximum atomic E-state index is 15.0. The number of benzene rings is 4. The minimum absolute atomic E-state index is 0.0140. The Morgan fingerprint density at radius 2 is 1.24 bits per heavy atom. The molecule has 4 aromatic rings. The number of amides is 6. The molecule has 9 N–H and O–H groups in total. The van der Waals surface area contributed by atoms with E-state index in [-0.39, 0.29) is 76.0 Å². The van der Waals surface area contributed by atoms with Crippen LogP contribution in [0.3, 0.4) is 0 Å². The van der Waals surface area contributed by atoms with Crippen LogP contribution in [-0.2, 0) is 80.3 Å². The molecule has 542 valence electrons. The number of aliphatic imine (C=N–C) groups is 1. The lowest BCUT2D eigenvalue weighted by Crippen LogP contribution is -2.60. The third-order valence-electron chi connectivity index (χ3n) is 16.7. The summed E-state index contributed by atoms with van der Waals surface area (Å²) < 4.78 is 64.1. The maximum Gasteiger partial charge on any atom is 0.407 e. The Morgan fingerprint density at radius 1 is 0.670 bits per heavy atom. The van der Waals surface area contributed by atoms with Crippen molar-refractivity contribution >= 4 is 69.7 Å². The van der Waals surface area contributed by atoms with E-state index in [2.05, 4.69) is 54.8 Å². The number of carbonyl (C=O) groups excluding carboxylic acids is 9. The molecule has 0 saturated carbocycles. The summed E-state index contributed by atoms with van der Waals surface area (Å²) in [5.74, 6) is -7.39. The maximum absolute atomic E-state index is 15.0. The van der Waals surface area contributed by atoms with Crippen LogP contribution in [0.15, 0.2) is 114 Å². The first-order valence-corrected chi connectivity index (χ1v) is 35.0. The second-order valence-electron chi connectivity index (χ2n) is 26.5. The Bertz CT molecular complexity index is 3710. The van der Waals surface area contributed by atoms with Gasteiger partial charge in [0, 0.05) is 25.4 Å². The first-order chi connectivity index (χ1) is 47.3. The summed E-state index contributed by atoms with van der Waals surface area (Å²) in [6, 6.07) is 16.3. The Balaban J connectivity index is 1.29. The van der Waals surface area contributed by atoms with Crippen molar-refractivity contribution in [2.24, 2.45) is 16.6 Å². The van der Waals surface area contributed by atoms with Gasteiger partial charge in [0.15, 0.2) is 0 Å². The summed E-state index contributed by atoms with van der Waals surface area (Å²) in [7, 11) is -4.35. The van der Waals surface area contributed by atoms with E-state index in [9.17, 15) is 46.8 Å². The van der Waals surface area contributed by atoms with Crippen molar-refractivity contribution in [1.29, 1.82) is 0 Å². The van der Waals surface area contributed by atoms with Crippen LogP contribution < -0.4 is 47.1 Å². The van der Waals surface area contributed by atoms with Gasteiger partial charge in [0.25, 0.3) is 10.0 Å². The predicted molar refractivity (Wildman–Crippen MR) is 375 cm³/mol. The number of unbranched alkanes of at least 4 members (excludes halogenated alkanes) is 1. The molecule has 100 heavy (non-hydrogen) atoms. The van der Waals surface area contributed by atoms with E-state index in [0.29, 0.717) is 47.3 Å². The van der Waals surface area contributed by atoms with Crippen LogP contribution in [0.5, 0.6) is 5.75 Å². The Kier molecular flexibility index (Phi) is 29.2. The summed E-state index contributed by atoms with van der Waals surface area (Å²) in [4.78, 5) is 130. The Morgan fingerprint density at radius 3 is 1.86 bits per heavy atom. The van der Waals surface area contributed by atoms with Crippen LogP contribution in [-0.4, -0.2) is 142 Å². The number of nitrogens with two attached hydrogens (primary N) is 1. The molecule has 0 radical (unpaired) electrons. The van der Waals surface area contributed by atoms with Gasteiger partial charge in [-0.25, -0.2) is 27.5 Å². The largest absolute Gasteiger partial charge is 0.487 e.